The Bertz CT molecular complexity index is 474. The maximum atomic E-state index is 11.2. The molecule has 6 N–H and O–H groups in total. The van der Waals surface area contributed by atoms with Gasteiger partial charge < -0.3 is 27.0 Å². The summed E-state index contributed by atoms with van der Waals surface area (Å²) in [6.45, 7) is 0.893. The maximum absolute atomic E-state index is 11.2. The number of aromatic nitrogens is 1. The molecular formula is C11H18N6O2. The third-order valence-electron chi connectivity index (χ3n) is 2.31. The number of hydrogen-bond acceptors (Lipinski definition) is 5. The molecule has 104 valence electrons. The highest BCUT2D eigenvalue weighted by Crippen LogP contribution is 2.13. The van der Waals surface area contributed by atoms with E-state index in [2.05, 4.69) is 15.6 Å². The van der Waals surface area contributed by atoms with Gasteiger partial charge in [-0.05, 0) is 6.07 Å². The third kappa shape index (κ3) is 4.34. The largest absolute Gasteiger partial charge is 0.397 e. The van der Waals surface area contributed by atoms with Gasteiger partial charge in [0.1, 0.15) is 5.82 Å². The first kappa shape index (κ1) is 14.6. The summed E-state index contributed by atoms with van der Waals surface area (Å²) in [4.78, 5) is 27.8. The van der Waals surface area contributed by atoms with Gasteiger partial charge in [-0.25, -0.2) is 9.78 Å². The van der Waals surface area contributed by atoms with Crippen molar-refractivity contribution < 1.29 is 9.59 Å². The van der Waals surface area contributed by atoms with Crippen LogP contribution < -0.4 is 22.1 Å². The number of nitrogens with zero attached hydrogens (tertiary/aromatic N) is 2. The van der Waals surface area contributed by atoms with Crippen molar-refractivity contribution in [1.29, 1.82) is 0 Å². The first-order chi connectivity index (χ1) is 8.91. The van der Waals surface area contributed by atoms with Gasteiger partial charge in [-0.15, -0.1) is 0 Å². The number of carbonyl (C=O) groups is 2. The molecule has 0 aliphatic heterocycles. The highest BCUT2D eigenvalue weighted by molar-refractivity contribution is 5.98. The van der Waals surface area contributed by atoms with E-state index in [4.69, 9.17) is 11.5 Å². The molecule has 1 aromatic heterocycles. The molecule has 0 fully saturated rings. The molecule has 0 radical (unpaired) electrons. The lowest BCUT2D eigenvalue weighted by Gasteiger charge is -2.12. The average molecular weight is 266 g/mol. The van der Waals surface area contributed by atoms with Crippen molar-refractivity contribution in [1.82, 2.24) is 15.2 Å². The normalized spacial score (nSPS) is 9.79. The Hall–Kier alpha value is -2.51. The van der Waals surface area contributed by atoms with Crippen molar-refractivity contribution >= 4 is 23.4 Å². The van der Waals surface area contributed by atoms with Gasteiger partial charge >= 0.3 is 6.03 Å². The Kier molecular flexibility index (Phi) is 4.92. The van der Waals surface area contributed by atoms with E-state index in [0.717, 1.165) is 0 Å². The molecule has 0 saturated heterocycles. The van der Waals surface area contributed by atoms with Gasteiger partial charge in [-0.3, -0.25) is 4.79 Å². The van der Waals surface area contributed by atoms with Crippen LogP contribution in [0.2, 0.25) is 0 Å². The monoisotopic (exact) mass is 266 g/mol. The van der Waals surface area contributed by atoms with Crippen LogP contribution in [0.15, 0.2) is 12.3 Å². The highest BCUT2D eigenvalue weighted by atomic mass is 16.2. The summed E-state index contributed by atoms with van der Waals surface area (Å²) in [6.07, 6.45) is 1.36. The summed E-state index contributed by atoms with van der Waals surface area (Å²) < 4.78 is 0. The Morgan fingerprint density at radius 3 is 2.63 bits per heavy atom. The van der Waals surface area contributed by atoms with Crippen LogP contribution in [0, 0.1) is 0 Å². The molecule has 0 atom stereocenters. The summed E-state index contributed by atoms with van der Waals surface area (Å²) in [7, 11) is 3.31. The first-order valence-electron chi connectivity index (χ1n) is 5.66. The number of primary amides is 1. The van der Waals surface area contributed by atoms with E-state index >= 15 is 0 Å². The molecule has 19 heavy (non-hydrogen) atoms. The number of nitrogens with two attached hydrogens (primary N) is 2. The van der Waals surface area contributed by atoms with Crippen LogP contribution in [-0.4, -0.2) is 49.0 Å². The minimum absolute atomic E-state index is 0.176. The maximum Gasteiger partial charge on any atom is 0.316 e. The molecule has 0 aromatic carbocycles. The van der Waals surface area contributed by atoms with Crippen LogP contribution >= 0.6 is 0 Å². The Morgan fingerprint density at radius 1 is 1.37 bits per heavy atom. The van der Waals surface area contributed by atoms with Gasteiger partial charge in [-0.1, -0.05) is 0 Å². The molecule has 1 aromatic rings. The number of pyridine rings is 1. The van der Waals surface area contributed by atoms with E-state index in [1.807, 2.05) is 0 Å². The quantitative estimate of drug-likeness (QED) is 0.532. The van der Waals surface area contributed by atoms with Crippen molar-refractivity contribution in [3.8, 4) is 0 Å². The molecule has 8 heteroatoms. The standard InChI is InChI=1S/C11H18N6O2/c1-17(2)11(19)15-4-3-14-9-5-7(10(13)18)8(12)6-16-9/h5-6H,3-4,12H2,1-2H3,(H2,13,18)(H,14,16)(H,15,19). The summed E-state index contributed by atoms with van der Waals surface area (Å²) in [6, 6.07) is 1.30. The zero-order valence-electron chi connectivity index (χ0n) is 10.9. The molecule has 0 aliphatic rings. The smallest absolute Gasteiger partial charge is 0.316 e. The second kappa shape index (κ2) is 6.43. The van der Waals surface area contributed by atoms with E-state index in [0.29, 0.717) is 18.9 Å². The van der Waals surface area contributed by atoms with Crippen LogP contribution in [0.5, 0.6) is 0 Å². The first-order valence-corrected chi connectivity index (χ1v) is 5.66. The molecule has 0 aliphatic carbocycles. The number of nitrogen functional groups attached to an aromatic ring is 1. The fourth-order valence-electron chi connectivity index (χ4n) is 1.29. The van der Waals surface area contributed by atoms with Gasteiger partial charge in [0, 0.05) is 27.2 Å². The topological polar surface area (TPSA) is 126 Å². The average Bonchev–Trinajstić information content (AvgIpc) is 2.35. The van der Waals surface area contributed by atoms with Crippen molar-refractivity contribution in [3.63, 3.8) is 0 Å². The molecule has 1 rings (SSSR count). The zero-order chi connectivity index (χ0) is 14.4. The lowest BCUT2D eigenvalue weighted by molar-refractivity contribution is 0.100. The molecule has 8 nitrogen and oxygen atoms in total. The van der Waals surface area contributed by atoms with Crippen molar-refractivity contribution in [2.24, 2.45) is 5.73 Å². The fraction of sp³-hybridized carbons (Fsp3) is 0.364. The van der Waals surface area contributed by atoms with E-state index < -0.39 is 5.91 Å². The van der Waals surface area contributed by atoms with E-state index in [1.165, 1.54) is 17.2 Å². The summed E-state index contributed by atoms with van der Waals surface area (Å²) in [5.41, 5.74) is 11.2. The van der Waals surface area contributed by atoms with E-state index in [-0.39, 0.29) is 17.3 Å². The molecule has 0 unspecified atom stereocenters. The zero-order valence-corrected chi connectivity index (χ0v) is 10.9. The van der Waals surface area contributed by atoms with Gasteiger partial charge in [0.05, 0.1) is 17.4 Å². The molecule has 1 heterocycles. The Morgan fingerprint density at radius 2 is 2.05 bits per heavy atom. The lowest BCUT2D eigenvalue weighted by Crippen LogP contribution is -2.37. The Balaban J connectivity index is 2.48. The lowest BCUT2D eigenvalue weighted by atomic mass is 10.2. The van der Waals surface area contributed by atoms with Gasteiger partial charge in [0.25, 0.3) is 5.91 Å². The van der Waals surface area contributed by atoms with Crippen molar-refractivity contribution in [2.75, 3.05) is 38.2 Å². The second-order valence-corrected chi connectivity index (χ2v) is 4.07. The number of amides is 3. The number of rotatable bonds is 5. The number of carbonyl (C=O) groups excluding carboxylic acids is 2. The van der Waals surface area contributed by atoms with Crippen LogP contribution in [-0.2, 0) is 0 Å². The molecule has 3 amide bonds. The van der Waals surface area contributed by atoms with Gasteiger partial charge in [0.15, 0.2) is 0 Å². The predicted molar refractivity (Wildman–Crippen MR) is 72.7 cm³/mol. The summed E-state index contributed by atoms with van der Waals surface area (Å²) >= 11 is 0. The summed E-state index contributed by atoms with van der Waals surface area (Å²) in [5.74, 6) is -0.133. The van der Waals surface area contributed by atoms with Crippen molar-refractivity contribution in [3.05, 3.63) is 17.8 Å². The number of nitrogens with one attached hydrogen (secondary N) is 2. The van der Waals surface area contributed by atoms with Crippen molar-refractivity contribution in [2.45, 2.75) is 0 Å². The number of hydrogen-bond donors (Lipinski definition) is 4. The van der Waals surface area contributed by atoms with E-state index in [9.17, 15) is 9.59 Å². The third-order valence-corrected chi connectivity index (χ3v) is 2.31. The SMILES string of the molecule is CN(C)C(=O)NCCNc1cc(C(N)=O)c(N)cn1. The van der Waals surface area contributed by atoms with Gasteiger partial charge in [0.2, 0.25) is 0 Å². The molecular weight excluding hydrogens is 248 g/mol. The fourth-order valence-corrected chi connectivity index (χ4v) is 1.29. The molecule has 0 bridgehead atoms. The minimum atomic E-state index is -0.608. The van der Waals surface area contributed by atoms with Crippen LogP contribution in [0.3, 0.4) is 0 Å². The van der Waals surface area contributed by atoms with Crippen LogP contribution in [0.4, 0.5) is 16.3 Å². The molecule has 0 spiro atoms. The Labute approximate surface area is 111 Å². The van der Waals surface area contributed by atoms with Crippen LogP contribution in [0.1, 0.15) is 10.4 Å². The van der Waals surface area contributed by atoms with Crippen LogP contribution in [0.25, 0.3) is 0 Å². The number of anilines is 2. The highest BCUT2D eigenvalue weighted by Gasteiger charge is 2.07. The molecule has 0 saturated carbocycles. The van der Waals surface area contributed by atoms with E-state index in [1.54, 1.807) is 14.1 Å². The minimum Gasteiger partial charge on any atom is -0.397 e. The number of urea groups is 1. The second-order valence-electron chi connectivity index (χ2n) is 4.07. The summed E-state index contributed by atoms with van der Waals surface area (Å²) in [5, 5.41) is 5.64. The van der Waals surface area contributed by atoms with Gasteiger partial charge in [-0.2, -0.15) is 0 Å². The predicted octanol–water partition coefficient (Wildman–Crippen LogP) is -0.554.